The maximum Gasteiger partial charge on any atom is 0.241 e. The van der Waals surface area contributed by atoms with Crippen molar-refractivity contribution in [3.8, 4) is 0 Å². The van der Waals surface area contributed by atoms with E-state index >= 15 is 0 Å². The fourth-order valence-corrected chi connectivity index (χ4v) is 1.31. The van der Waals surface area contributed by atoms with Gasteiger partial charge in [-0.05, 0) is 26.0 Å². The first-order valence-corrected chi connectivity index (χ1v) is 6.50. The molecule has 0 saturated heterocycles. The van der Waals surface area contributed by atoms with E-state index in [1.54, 1.807) is 0 Å². The van der Waals surface area contributed by atoms with Crippen molar-refractivity contribution in [3.63, 3.8) is 0 Å². The Morgan fingerprint density at radius 2 is 1.93 bits per heavy atom. The molecule has 0 heterocycles. The molecule has 1 aromatic rings. The van der Waals surface area contributed by atoms with Crippen molar-refractivity contribution >= 4 is 43.5 Å². The zero-order valence-electron chi connectivity index (χ0n) is 8.68. The van der Waals surface area contributed by atoms with E-state index in [0.29, 0.717) is 5.33 Å². The SMILES string of the molecule is Cc1ccc(NC(=O)C(C)(Br)CBr)cc1. The predicted octanol–water partition coefficient (Wildman–Crippen LogP) is 3.48. The van der Waals surface area contributed by atoms with Gasteiger partial charge in [-0.2, -0.15) is 0 Å². The molecule has 0 bridgehead atoms. The summed E-state index contributed by atoms with van der Waals surface area (Å²) in [6.45, 7) is 3.84. The summed E-state index contributed by atoms with van der Waals surface area (Å²) in [5.41, 5.74) is 1.99. The Kier molecular flexibility index (Phi) is 4.34. The van der Waals surface area contributed by atoms with Gasteiger partial charge in [-0.1, -0.05) is 49.6 Å². The van der Waals surface area contributed by atoms with Crippen LogP contribution in [0.3, 0.4) is 0 Å². The third kappa shape index (κ3) is 3.61. The van der Waals surface area contributed by atoms with Crippen LogP contribution in [0.2, 0.25) is 0 Å². The first-order valence-electron chi connectivity index (χ1n) is 4.59. The van der Waals surface area contributed by atoms with Gasteiger partial charge in [0.2, 0.25) is 5.91 Å². The largest absolute Gasteiger partial charge is 0.325 e. The molecule has 1 amide bonds. The van der Waals surface area contributed by atoms with Gasteiger partial charge < -0.3 is 5.32 Å². The molecule has 15 heavy (non-hydrogen) atoms. The monoisotopic (exact) mass is 333 g/mol. The second kappa shape index (κ2) is 5.12. The van der Waals surface area contributed by atoms with Crippen LogP contribution in [0.4, 0.5) is 5.69 Å². The summed E-state index contributed by atoms with van der Waals surface area (Å²) in [6, 6.07) is 7.72. The van der Waals surface area contributed by atoms with Gasteiger partial charge in [0.25, 0.3) is 0 Å². The van der Waals surface area contributed by atoms with Crippen LogP contribution in [0, 0.1) is 6.92 Å². The molecule has 2 nitrogen and oxygen atoms in total. The molecule has 1 N–H and O–H groups in total. The number of hydrogen-bond donors (Lipinski definition) is 1. The molecule has 1 rings (SSSR count). The Morgan fingerprint density at radius 3 is 2.40 bits per heavy atom. The normalized spacial score (nSPS) is 14.4. The highest BCUT2D eigenvalue weighted by atomic mass is 79.9. The van der Waals surface area contributed by atoms with Crippen LogP contribution in [0.25, 0.3) is 0 Å². The second-order valence-corrected chi connectivity index (χ2v) is 5.96. The summed E-state index contributed by atoms with van der Waals surface area (Å²) in [6.07, 6.45) is 0. The van der Waals surface area contributed by atoms with Gasteiger partial charge in [-0.25, -0.2) is 0 Å². The fraction of sp³-hybridized carbons (Fsp3) is 0.364. The van der Waals surface area contributed by atoms with Crippen molar-refractivity contribution < 1.29 is 4.79 Å². The minimum absolute atomic E-state index is 0.0526. The summed E-state index contributed by atoms with van der Waals surface area (Å²) >= 11 is 6.65. The number of anilines is 1. The van der Waals surface area contributed by atoms with E-state index < -0.39 is 4.32 Å². The number of hydrogen-bond acceptors (Lipinski definition) is 1. The van der Waals surface area contributed by atoms with Gasteiger partial charge in [0.1, 0.15) is 4.32 Å². The summed E-state index contributed by atoms with van der Waals surface area (Å²) in [7, 11) is 0. The Hall–Kier alpha value is -0.350. The van der Waals surface area contributed by atoms with Crippen molar-refractivity contribution in [2.45, 2.75) is 18.2 Å². The highest BCUT2D eigenvalue weighted by Gasteiger charge is 2.28. The molecule has 0 aliphatic heterocycles. The van der Waals surface area contributed by atoms with Gasteiger partial charge in [0, 0.05) is 11.0 Å². The summed E-state index contributed by atoms with van der Waals surface area (Å²) in [5, 5.41) is 3.41. The zero-order chi connectivity index (χ0) is 11.5. The van der Waals surface area contributed by atoms with Crippen molar-refractivity contribution in [2.24, 2.45) is 0 Å². The van der Waals surface area contributed by atoms with Gasteiger partial charge in [0.15, 0.2) is 0 Å². The number of alkyl halides is 2. The number of benzene rings is 1. The van der Waals surface area contributed by atoms with Crippen LogP contribution >= 0.6 is 31.9 Å². The first kappa shape index (κ1) is 12.7. The van der Waals surface area contributed by atoms with Crippen molar-refractivity contribution in [1.82, 2.24) is 0 Å². The molecule has 1 unspecified atom stereocenters. The second-order valence-electron chi connectivity index (χ2n) is 3.65. The molecule has 0 spiro atoms. The van der Waals surface area contributed by atoms with Crippen molar-refractivity contribution in [2.75, 3.05) is 10.6 Å². The molecule has 0 aliphatic rings. The number of rotatable bonds is 3. The molecule has 1 atom stereocenters. The number of nitrogens with one attached hydrogen (secondary N) is 1. The van der Waals surface area contributed by atoms with E-state index in [4.69, 9.17) is 0 Å². The van der Waals surface area contributed by atoms with Gasteiger partial charge in [-0.15, -0.1) is 0 Å². The lowest BCUT2D eigenvalue weighted by molar-refractivity contribution is -0.117. The smallest absolute Gasteiger partial charge is 0.241 e. The Balaban J connectivity index is 2.71. The van der Waals surface area contributed by atoms with E-state index in [1.165, 1.54) is 5.56 Å². The van der Waals surface area contributed by atoms with Crippen LogP contribution in [-0.2, 0) is 4.79 Å². The summed E-state index contributed by atoms with van der Waals surface area (Å²) in [4.78, 5) is 11.8. The summed E-state index contributed by atoms with van der Waals surface area (Å²) < 4.78 is -0.572. The van der Waals surface area contributed by atoms with Crippen LogP contribution in [-0.4, -0.2) is 15.6 Å². The number of amides is 1. The highest BCUT2D eigenvalue weighted by Crippen LogP contribution is 2.22. The molecule has 82 valence electrons. The van der Waals surface area contributed by atoms with Crippen LogP contribution < -0.4 is 5.32 Å². The van der Waals surface area contributed by atoms with Crippen LogP contribution in [0.1, 0.15) is 12.5 Å². The van der Waals surface area contributed by atoms with Crippen LogP contribution in [0.5, 0.6) is 0 Å². The lowest BCUT2D eigenvalue weighted by atomic mass is 10.2. The van der Waals surface area contributed by atoms with E-state index in [2.05, 4.69) is 37.2 Å². The minimum Gasteiger partial charge on any atom is -0.325 e. The molecule has 0 fully saturated rings. The lowest BCUT2D eigenvalue weighted by Gasteiger charge is -2.18. The number of carbonyl (C=O) groups is 1. The molecule has 0 radical (unpaired) electrons. The molecule has 0 saturated carbocycles. The topological polar surface area (TPSA) is 29.1 Å². The van der Waals surface area contributed by atoms with Crippen LogP contribution in [0.15, 0.2) is 24.3 Å². The predicted molar refractivity (Wildman–Crippen MR) is 70.9 cm³/mol. The standard InChI is InChI=1S/C11H13Br2NO/c1-8-3-5-9(6-4-8)14-10(15)11(2,13)7-12/h3-6H,7H2,1-2H3,(H,14,15). The maximum atomic E-state index is 11.8. The number of halogens is 2. The van der Waals surface area contributed by atoms with E-state index in [0.717, 1.165) is 5.69 Å². The molecule has 0 aromatic heterocycles. The lowest BCUT2D eigenvalue weighted by Crippen LogP contribution is -2.35. The number of carbonyl (C=O) groups excluding carboxylic acids is 1. The van der Waals surface area contributed by atoms with Gasteiger partial charge in [0.05, 0.1) is 0 Å². The molecule has 1 aromatic carbocycles. The van der Waals surface area contributed by atoms with E-state index in [9.17, 15) is 4.79 Å². The zero-order valence-corrected chi connectivity index (χ0v) is 11.9. The fourth-order valence-electron chi connectivity index (χ4n) is 0.959. The average Bonchev–Trinajstić information content (AvgIpc) is 2.21. The Labute approximate surface area is 107 Å². The molecular formula is C11H13Br2NO. The molecule has 0 aliphatic carbocycles. The maximum absolute atomic E-state index is 11.8. The molecule has 4 heteroatoms. The average molecular weight is 335 g/mol. The summed E-state index contributed by atoms with van der Waals surface area (Å²) in [5.74, 6) is -0.0526. The van der Waals surface area contributed by atoms with Crippen molar-refractivity contribution in [3.05, 3.63) is 29.8 Å². The Bertz CT molecular complexity index is 346. The van der Waals surface area contributed by atoms with E-state index in [1.807, 2.05) is 38.1 Å². The third-order valence-electron chi connectivity index (χ3n) is 2.03. The number of aryl methyl sites for hydroxylation is 1. The van der Waals surface area contributed by atoms with E-state index in [-0.39, 0.29) is 5.91 Å². The third-order valence-corrected chi connectivity index (χ3v) is 4.55. The first-order chi connectivity index (χ1) is 6.95. The minimum atomic E-state index is -0.572. The van der Waals surface area contributed by atoms with Crippen molar-refractivity contribution in [1.29, 1.82) is 0 Å². The quantitative estimate of drug-likeness (QED) is 0.842. The highest BCUT2D eigenvalue weighted by molar-refractivity contribution is 9.12. The van der Waals surface area contributed by atoms with Gasteiger partial charge >= 0.3 is 0 Å². The van der Waals surface area contributed by atoms with Gasteiger partial charge in [-0.3, -0.25) is 4.79 Å². The molecular weight excluding hydrogens is 322 g/mol. The Morgan fingerprint density at radius 1 is 1.40 bits per heavy atom.